The van der Waals surface area contributed by atoms with Crippen LogP contribution in [0.2, 0.25) is 0 Å². The Balaban J connectivity index is 3.10. The second-order valence-electron chi connectivity index (χ2n) is 4.05. The van der Waals surface area contributed by atoms with Crippen molar-refractivity contribution in [3.8, 4) is 6.07 Å². The van der Waals surface area contributed by atoms with Crippen LogP contribution in [0.15, 0.2) is 44.7 Å². The van der Waals surface area contributed by atoms with E-state index < -0.39 is 9.84 Å². The summed E-state index contributed by atoms with van der Waals surface area (Å²) in [6.45, 7) is 3.89. The molecule has 0 heterocycles. The monoisotopic (exact) mass is 342 g/mol. The van der Waals surface area contributed by atoms with Crippen molar-refractivity contribution < 1.29 is 8.42 Å². The molecular weight excluding hydrogens is 328 g/mol. The van der Waals surface area contributed by atoms with Gasteiger partial charge >= 0.3 is 0 Å². The summed E-state index contributed by atoms with van der Waals surface area (Å²) in [4.78, 5) is -0.176. The summed E-state index contributed by atoms with van der Waals surface area (Å²) >= 11 is 3.24. The van der Waals surface area contributed by atoms with Crippen LogP contribution in [-0.2, 0) is 9.84 Å². The van der Waals surface area contributed by atoms with Gasteiger partial charge in [-0.05, 0) is 37.6 Å². The number of nitriles is 1. The molecule has 1 rings (SSSR count). The largest absolute Gasteiger partial charge is 0.387 e. The van der Waals surface area contributed by atoms with Crippen LogP contribution in [0.25, 0.3) is 0 Å². The van der Waals surface area contributed by atoms with Crippen molar-refractivity contribution in [2.45, 2.75) is 31.2 Å². The number of sulfone groups is 1. The third kappa shape index (κ3) is 4.08. The smallest absolute Gasteiger partial charge is 0.218 e. The van der Waals surface area contributed by atoms with Crippen LogP contribution in [0.5, 0.6) is 0 Å². The first kappa shape index (κ1) is 15.7. The fraction of sp³-hybridized carbons (Fsp3) is 0.308. The summed E-state index contributed by atoms with van der Waals surface area (Å²) in [6.07, 6.45) is 2.11. The minimum atomic E-state index is -3.76. The molecule has 0 aliphatic rings. The summed E-state index contributed by atoms with van der Waals surface area (Å²) in [6, 6.07) is 8.04. The average Bonchev–Trinajstić information content (AvgIpc) is 2.39. The van der Waals surface area contributed by atoms with Gasteiger partial charge in [-0.15, -0.1) is 0 Å². The summed E-state index contributed by atoms with van der Waals surface area (Å²) in [5.41, 5.74) is 0. The number of rotatable bonds is 5. The van der Waals surface area contributed by atoms with Gasteiger partial charge in [0.1, 0.15) is 6.07 Å². The average molecular weight is 343 g/mol. The first-order valence-corrected chi connectivity index (χ1v) is 8.06. The summed E-state index contributed by atoms with van der Waals surface area (Å²) in [5.74, 6) is 0. The van der Waals surface area contributed by atoms with Crippen LogP contribution in [-0.4, -0.2) is 14.5 Å². The molecular formula is C13H15BrN2O2S. The highest BCUT2D eigenvalue weighted by Crippen LogP contribution is 2.20. The van der Waals surface area contributed by atoms with E-state index in [1.807, 2.05) is 13.8 Å². The van der Waals surface area contributed by atoms with Crippen molar-refractivity contribution in [2.75, 3.05) is 0 Å². The second kappa shape index (κ2) is 6.73. The predicted octanol–water partition coefficient (Wildman–Crippen LogP) is 2.98. The lowest BCUT2D eigenvalue weighted by molar-refractivity contribution is 0.599. The fourth-order valence-corrected chi connectivity index (χ4v) is 2.60. The van der Waals surface area contributed by atoms with E-state index in [1.54, 1.807) is 18.2 Å². The number of nitrogens with one attached hydrogen (secondary N) is 1. The van der Waals surface area contributed by atoms with Crippen molar-refractivity contribution in [3.63, 3.8) is 0 Å². The normalized spacial score (nSPS) is 13.7. The lowest BCUT2D eigenvalue weighted by atomic mass is 10.3. The minimum Gasteiger partial charge on any atom is -0.387 e. The first-order valence-electron chi connectivity index (χ1n) is 5.78. The van der Waals surface area contributed by atoms with Crippen molar-refractivity contribution in [3.05, 3.63) is 39.8 Å². The van der Waals surface area contributed by atoms with Crippen LogP contribution < -0.4 is 5.32 Å². The summed E-state index contributed by atoms with van der Waals surface area (Å²) in [7, 11) is -3.76. The molecule has 0 saturated carbocycles. The Labute approximate surface area is 122 Å². The highest BCUT2D eigenvalue weighted by atomic mass is 79.9. The molecule has 0 aliphatic carbocycles. The van der Waals surface area contributed by atoms with Gasteiger partial charge < -0.3 is 5.32 Å². The molecule has 0 radical (unpaired) electrons. The zero-order chi connectivity index (χ0) is 14.5. The Bertz CT molecular complexity index is 601. The molecule has 4 nitrogen and oxygen atoms in total. The maximum atomic E-state index is 12.2. The predicted molar refractivity (Wildman–Crippen MR) is 77.9 cm³/mol. The zero-order valence-corrected chi connectivity index (χ0v) is 13.1. The molecule has 1 aromatic rings. The third-order valence-electron chi connectivity index (χ3n) is 2.63. The molecule has 0 aliphatic heterocycles. The first-order chi connectivity index (χ1) is 8.91. The molecule has 6 heteroatoms. The Morgan fingerprint density at radius 2 is 2.05 bits per heavy atom. The zero-order valence-electron chi connectivity index (χ0n) is 10.7. The molecule has 0 bridgehead atoms. The summed E-state index contributed by atoms with van der Waals surface area (Å²) < 4.78 is 25.2. The van der Waals surface area contributed by atoms with Crippen LogP contribution in [0, 0.1) is 11.3 Å². The Kier molecular flexibility index (Phi) is 5.58. The van der Waals surface area contributed by atoms with Gasteiger partial charge in [0, 0.05) is 16.7 Å². The van der Waals surface area contributed by atoms with E-state index in [9.17, 15) is 8.42 Å². The third-order valence-corrected chi connectivity index (χ3v) is 4.84. The second-order valence-corrected chi connectivity index (χ2v) is 6.89. The van der Waals surface area contributed by atoms with Crippen LogP contribution >= 0.6 is 15.9 Å². The van der Waals surface area contributed by atoms with Crippen molar-refractivity contribution in [1.29, 1.82) is 5.26 Å². The summed E-state index contributed by atoms with van der Waals surface area (Å²) in [5, 5.41) is 11.9. The van der Waals surface area contributed by atoms with E-state index in [-0.39, 0.29) is 15.8 Å². The van der Waals surface area contributed by atoms with Gasteiger partial charge in [-0.2, -0.15) is 5.26 Å². The SMILES string of the molecule is CC[C@H](C)N/C=C(\C#N)S(=O)(=O)c1ccc(Br)cc1. The minimum absolute atomic E-state index is 0.106. The molecule has 1 atom stereocenters. The van der Waals surface area contributed by atoms with Gasteiger partial charge in [0.05, 0.1) is 4.90 Å². The number of nitrogens with zero attached hydrogens (tertiary/aromatic N) is 1. The molecule has 0 fully saturated rings. The lowest BCUT2D eigenvalue weighted by Gasteiger charge is -2.09. The Morgan fingerprint density at radius 1 is 1.47 bits per heavy atom. The number of allylic oxidation sites excluding steroid dienone is 1. The fourth-order valence-electron chi connectivity index (χ4n) is 1.25. The van der Waals surface area contributed by atoms with Gasteiger partial charge in [0.15, 0.2) is 4.91 Å². The van der Waals surface area contributed by atoms with Crippen molar-refractivity contribution >= 4 is 25.8 Å². The van der Waals surface area contributed by atoms with Gasteiger partial charge in [-0.25, -0.2) is 8.42 Å². The van der Waals surface area contributed by atoms with Crippen LogP contribution in [0.4, 0.5) is 0 Å². The van der Waals surface area contributed by atoms with E-state index in [1.165, 1.54) is 18.3 Å². The lowest BCUT2D eigenvalue weighted by Crippen LogP contribution is -2.20. The molecule has 0 aromatic heterocycles. The van der Waals surface area contributed by atoms with E-state index in [0.29, 0.717) is 0 Å². The molecule has 19 heavy (non-hydrogen) atoms. The Morgan fingerprint density at radius 3 is 2.53 bits per heavy atom. The molecule has 0 unspecified atom stereocenters. The number of benzene rings is 1. The quantitative estimate of drug-likeness (QED) is 0.835. The van der Waals surface area contributed by atoms with Gasteiger partial charge in [0.25, 0.3) is 0 Å². The van der Waals surface area contributed by atoms with E-state index in [0.717, 1.165) is 10.9 Å². The topological polar surface area (TPSA) is 70.0 Å². The van der Waals surface area contributed by atoms with Gasteiger partial charge in [-0.1, -0.05) is 22.9 Å². The maximum absolute atomic E-state index is 12.2. The number of hydrogen-bond donors (Lipinski definition) is 1. The standard InChI is InChI=1S/C13H15BrN2O2S/c1-3-10(2)16-9-13(8-15)19(17,18)12-6-4-11(14)5-7-12/h4-7,9-10,16H,3H2,1-2H3/b13-9+/t10-/m0/s1. The molecule has 1 N–H and O–H groups in total. The van der Waals surface area contributed by atoms with Crippen molar-refractivity contribution in [2.24, 2.45) is 0 Å². The van der Waals surface area contributed by atoms with Crippen molar-refractivity contribution in [1.82, 2.24) is 5.32 Å². The van der Waals surface area contributed by atoms with E-state index >= 15 is 0 Å². The van der Waals surface area contributed by atoms with E-state index in [2.05, 4.69) is 21.2 Å². The highest BCUT2D eigenvalue weighted by molar-refractivity contribution is 9.10. The van der Waals surface area contributed by atoms with Crippen LogP contribution in [0.3, 0.4) is 0 Å². The Hall–Kier alpha value is -1.32. The van der Waals surface area contributed by atoms with E-state index in [4.69, 9.17) is 5.26 Å². The molecule has 102 valence electrons. The van der Waals surface area contributed by atoms with Gasteiger partial charge in [0.2, 0.25) is 9.84 Å². The number of hydrogen-bond acceptors (Lipinski definition) is 4. The highest BCUT2D eigenvalue weighted by Gasteiger charge is 2.20. The molecule has 0 spiro atoms. The molecule has 1 aromatic carbocycles. The van der Waals surface area contributed by atoms with Gasteiger partial charge in [-0.3, -0.25) is 0 Å². The maximum Gasteiger partial charge on any atom is 0.218 e. The molecule has 0 saturated heterocycles. The number of halogens is 1. The molecule has 0 amide bonds. The van der Waals surface area contributed by atoms with Crippen LogP contribution in [0.1, 0.15) is 20.3 Å².